The summed E-state index contributed by atoms with van der Waals surface area (Å²) in [5.41, 5.74) is 3.73. The van der Waals surface area contributed by atoms with Crippen molar-refractivity contribution in [2.75, 3.05) is 6.54 Å². The maximum atomic E-state index is 4.66. The molecule has 4 heteroatoms. The molecule has 1 aromatic carbocycles. The van der Waals surface area contributed by atoms with Gasteiger partial charge < -0.3 is 10.6 Å². The van der Waals surface area contributed by atoms with Crippen molar-refractivity contribution < 1.29 is 0 Å². The van der Waals surface area contributed by atoms with Crippen LogP contribution in [0.25, 0.3) is 0 Å². The Kier molecular flexibility index (Phi) is 6.36. The molecule has 0 aliphatic rings. The Balaban J connectivity index is 1.97. The number of nitrogens with zero attached hydrogens (tertiary/aromatic N) is 2. The number of aromatic nitrogens is 1. The minimum absolute atomic E-state index is 0.182. The monoisotopic (exact) mass is 324 g/mol. The fraction of sp³-hybridized carbons (Fsp3) is 0.400. The van der Waals surface area contributed by atoms with Crippen molar-refractivity contribution in [3.63, 3.8) is 0 Å². The van der Waals surface area contributed by atoms with Crippen molar-refractivity contribution in [2.24, 2.45) is 4.99 Å². The van der Waals surface area contributed by atoms with Crippen LogP contribution in [0.3, 0.4) is 0 Å². The van der Waals surface area contributed by atoms with Gasteiger partial charge in [0.25, 0.3) is 0 Å². The highest BCUT2D eigenvalue weighted by molar-refractivity contribution is 5.79. The molecular formula is C20H28N4. The molecule has 0 aliphatic carbocycles. The van der Waals surface area contributed by atoms with E-state index < -0.39 is 0 Å². The number of guanidine groups is 1. The Morgan fingerprint density at radius 1 is 1.04 bits per heavy atom. The molecule has 24 heavy (non-hydrogen) atoms. The molecule has 0 radical (unpaired) electrons. The Bertz CT molecular complexity index is 640. The quantitative estimate of drug-likeness (QED) is 0.652. The maximum Gasteiger partial charge on any atom is 0.191 e. The lowest BCUT2D eigenvalue weighted by atomic mass is 9.87. The average Bonchev–Trinajstić information content (AvgIpc) is 2.58. The molecule has 0 spiro atoms. The van der Waals surface area contributed by atoms with Crippen LogP contribution in [0.4, 0.5) is 0 Å². The van der Waals surface area contributed by atoms with Gasteiger partial charge in [-0.05, 0) is 35.6 Å². The van der Waals surface area contributed by atoms with E-state index in [0.29, 0.717) is 13.1 Å². The fourth-order valence-corrected chi connectivity index (χ4v) is 2.30. The first-order valence-corrected chi connectivity index (χ1v) is 8.50. The van der Waals surface area contributed by atoms with Gasteiger partial charge >= 0.3 is 0 Å². The molecular weight excluding hydrogens is 296 g/mol. The van der Waals surface area contributed by atoms with Gasteiger partial charge in [0.05, 0.1) is 18.8 Å². The lowest BCUT2D eigenvalue weighted by Crippen LogP contribution is -2.37. The molecule has 2 rings (SSSR count). The molecule has 0 aliphatic heterocycles. The third-order valence-corrected chi connectivity index (χ3v) is 3.75. The average molecular weight is 324 g/mol. The molecule has 0 bridgehead atoms. The zero-order chi connectivity index (χ0) is 17.4. The van der Waals surface area contributed by atoms with Crippen molar-refractivity contribution in [1.82, 2.24) is 15.6 Å². The number of nitrogens with one attached hydrogen (secondary N) is 2. The van der Waals surface area contributed by atoms with Gasteiger partial charge in [0, 0.05) is 12.7 Å². The highest BCUT2D eigenvalue weighted by Gasteiger charge is 2.12. The Morgan fingerprint density at radius 2 is 1.79 bits per heavy atom. The molecule has 2 aromatic rings. The zero-order valence-electron chi connectivity index (χ0n) is 15.1. The fourth-order valence-electron chi connectivity index (χ4n) is 2.30. The predicted molar refractivity (Wildman–Crippen MR) is 101 cm³/mol. The van der Waals surface area contributed by atoms with Crippen LogP contribution in [0, 0.1) is 0 Å². The highest BCUT2D eigenvalue weighted by atomic mass is 15.2. The first kappa shape index (κ1) is 18.0. The van der Waals surface area contributed by atoms with Gasteiger partial charge in [-0.3, -0.25) is 4.98 Å². The maximum absolute atomic E-state index is 4.66. The standard InChI is InChI=1S/C20H28N4/c1-5-21-19(24-15-18-8-6-7-13-22-18)23-14-16-9-11-17(12-10-16)20(2,3)4/h6-13H,5,14-15H2,1-4H3,(H2,21,23,24). The third-order valence-electron chi connectivity index (χ3n) is 3.75. The topological polar surface area (TPSA) is 49.3 Å². The van der Waals surface area contributed by atoms with Crippen LogP contribution in [0.1, 0.15) is 44.5 Å². The summed E-state index contributed by atoms with van der Waals surface area (Å²) in [6, 6.07) is 14.6. The van der Waals surface area contributed by atoms with E-state index in [-0.39, 0.29) is 5.41 Å². The van der Waals surface area contributed by atoms with Crippen LogP contribution in [0.15, 0.2) is 53.7 Å². The molecule has 0 amide bonds. The van der Waals surface area contributed by atoms with Crippen molar-refractivity contribution in [1.29, 1.82) is 0 Å². The molecule has 1 heterocycles. The number of aliphatic imine (C=N–C) groups is 1. The zero-order valence-corrected chi connectivity index (χ0v) is 15.1. The number of benzene rings is 1. The Morgan fingerprint density at radius 3 is 2.38 bits per heavy atom. The van der Waals surface area contributed by atoms with Gasteiger partial charge in [-0.25, -0.2) is 4.99 Å². The van der Waals surface area contributed by atoms with Gasteiger partial charge in [0.2, 0.25) is 0 Å². The van der Waals surface area contributed by atoms with E-state index >= 15 is 0 Å². The second kappa shape index (κ2) is 8.48. The molecule has 0 fully saturated rings. The molecule has 0 saturated heterocycles. The second-order valence-corrected chi connectivity index (χ2v) is 6.82. The van der Waals surface area contributed by atoms with Crippen LogP contribution in [-0.2, 0) is 18.5 Å². The summed E-state index contributed by atoms with van der Waals surface area (Å²) >= 11 is 0. The molecule has 1 aromatic heterocycles. The smallest absolute Gasteiger partial charge is 0.191 e. The first-order valence-electron chi connectivity index (χ1n) is 8.50. The summed E-state index contributed by atoms with van der Waals surface area (Å²) in [5.74, 6) is 0.808. The normalized spacial score (nSPS) is 12.1. The minimum Gasteiger partial charge on any atom is -0.357 e. The van der Waals surface area contributed by atoms with Crippen LogP contribution < -0.4 is 10.6 Å². The summed E-state index contributed by atoms with van der Waals surface area (Å²) in [6.07, 6.45) is 1.80. The second-order valence-electron chi connectivity index (χ2n) is 6.82. The Labute approximate surface area is 145 Å². The first-order chi connectivity index (χ1) is 11.5. The minimum atomic E-state index is 0.182. The summed E-state index contributed by atoms with van der Waals surface area (Å²) in [4.78, 5) is 8.97. The van der Waals surface area contributed by atoms with Crippen LogP contribution in [-0.4, -0.2) is 17.5 Å². The summed E-state index contributed by atoms with van der Waals surface area (Å²) in [7, 11) is 0. The number of rotatable bonds is 5. The van der Waals surface area contributed by atoms with Gasteiger partial charge in [0.15, 0.2) is 5.96 Å². The molecule has 0 atom stereocenters. The molecule has 128 valence electrons. The SMILES string of the molecule is CCNC(=NCc1ccc(C(C)(C)C)cc1)NCc1ccccn1. The van der Waals surface area contributed by atoms with E-state index in [4.69, 9.17) is 0 Å². The molecule has 4 nitrogen and oxygen atoms in total. The largest absolute Gasteiger partial charge is 0.357 e. The van der Waals surface area contributed by atoms with Crippen molar-refractivity contribution >= 4 is 5.96 Å². The summed E-state index contributed by atoms with van der Waals surface area (Å²) in [5, 5.41) is 6.59. The predicted octanol–water partition coefficient (Wildman–Crippen LogP) is 3.63. The van der Waals surface area contributed by atoms with Crippen LogP contribution in [0.2, 0.25) is 0 Å². The van der Waals surface area contributed by atoms with Gasteiger partial charge in [-0.2, -0.15) is 0 Å². The van der Waals surface area contributed by atoms with E-state index in [1.54, 1.807) is 6.20 Å². The lowest BCUT2D eigenvalue weighted by molar-refractivity contribution is 0.590. The van der Waals surface area contributed by atoms with Crippen LogP contribution >= 0.6 is 0 Å². The summed E-state index contributed by atoms with van der Waals surface area (Å²) < 4.78 is 0. The molecule has 2 N–H and O–H groups in total. The van der Waals surface area contributed by atoms with Crippen molar-refractivity contribution in [3.8, 4) is 0 Å². The van der Waals surface area contributed by atoms with Gasteiger partial charge in [-0.1, -0.05) is 51.1 Å². The van der Waals surface area contributed by atoms with E-state index in [1.807, 2.05) is 18.2 Å². The van der Waals surface area contributed by atoms with Gasteiger partial charge in [-0.15, -0.1) is 0 Å². The van der Waals surface area contributed by atoms with Crippen LogP contribution in [0.5, 0.6) is 0 Å². The van der Waals surface area contributed by atoms with Gasteiger partial charge in [0.1, 0.15) is 0 Å². The van der Waals surface area contributed by atoms with Crippen molar-refractivity contribution in [2.45, 2.75) is 46.2 Å². The summed E-state index contributed by atoms with van der Waals surface area (Å²) in [6.45, 7) is 10.9. The highest BCUT2D eigenvalue weighted by Crippen LogP contribution is 2.22. The van der Waals surface area contributed by atoms with E-state index in [9.17, 15) is 0 Å². The molecule has 0 unspecified atom stereocenters. The number of hydrogen-bond donors (Lipinski definition) is 2. The van der Waals surface area contributed by atoms with E-state index in [1.165, 1.54) is 11.1 Å². The van der Waals surface area contributed by atoms with Crippen molar-refractivity contribution in [3.05, 3.63) is 65.5 Å². The third kappa shape index (κ3) is 5.69. The molecule has 0 saturated carbocycles. The van der Waals surface area contributed by atoms with E-state index in [0.717, 1.165) is 18.2 Å². The Hall–Kier alpha value is -2.36. The lowest BCUT2D eigenvalue weighted by Gasteiger charge is -2.19. The number of hydrogen-bond acceptors (Lipinski definition) is 2. The number of pyridine rings is 1. The van der Waals surface area contributed by atoms with E-state index in [2.05, 4.69) is 72.6 Å².